The van der Waals surface area contributed by atoms with Crippen LogP contribution in [-0.4, -0.2) is 37.0 Å². The van der Waals surface area contributed by atoms with Crippen LogP contribution in [0, 0.1) is 0 Å². The zero-order chi connectivity index (χ0) is 15.4. The lowest BCUT2D eigenvalue weighted by Crippen LogP contribution is -2.40. The molecule has 0 unspecified atom stereocenters. The second-order valence-corrected chi connectivity index (χ2v) is 5.76. The average Bonchev–Trinajstić information content (AvgIpc) is 2.50. The molecule has 0 bridgehead atoms. The van der Waals surface area contributed by atoms with Crippen molar-refractivity contribution in [1.82, 2.24) is 5.01 Å². The van der Waals surface area contributed by atoms with E-state index in [0.717, 1.165) is 22.8 Å². The highest BCUT2D eigenvalue weighted by Crippen LogP contribution is 2.27. The predicted molar refractivity (Wildman–Crippen MR) is 86.4 cm³/mol. The third-order valence-electron chi connectivity index (χ3n) is 4.21. The second-order valence-electron chi connectivity index (χ2n) is 5.76. The third-order valence-corrected chi connectivity index (χ3v) is 4.21. The lowest BCUT2D eigenvalue weighted by Gasteiger charge is -2.37. The minimum absolute atomic E-state index is 0.493. The normalized spacial score (nSPS) is 23.1. The van der Waals surface area contributed by atoms with Crippen LogP contribution in [0.1, 0.15) is 45.6 Å². The van der Waals surface area contributed by atoms with Gasteiger partial charge in [0.25, 0.3) is 0 Å². The summed E-state index contributed by atoms with van der Waals surface area (Å²) in [6.45, 7) is 6.54. The molecular formula is C17H26N2O2. The highest BCUT2D eigenvalue weighted by atomic mass is 16.5. The summed E-state index contributed by atoms with van der Waals surface area (Å²) in [5.74, 6) is 1.59. The lowest BCUT2D eigenvalue weighted by molar-refractivity contribution is 0.108. The molecule has 1 heterocycles. The molecule has 0 spiro atoms. The van der Waals surface area contributed by atoms with Crippen molar-refractivity contribution in [3.63, 3.8) is 0 Å². The fraction of sp³-hybridized carbons (Fsp3) is 0.588. The molecule has 116 valence electrons. The summed E-state index contributed by atoms with van der Waals surface area (Å²) >= 11 is 0. The first-order valence-electron chi connectivity index (χ1n) is 7.62. The first-order valence-corrected chi connectivity index (χ1v) is 7.62. The number of hydrogen-bond donors (Lipinski definition) is 0. The van der Waals surface area contributed by atoms with Gasteiger partial charge in [-0.1, -0.05) is 0 Å². The van der Waals surface area contributed by atoms with Crippen LogP contribution >= 0.6 is 0 Å². The summed E-state index contributed by atoms with van der Waals surface area (Å²) in [5.41, 5.74) is 2.00. The van der Waals surface area contributed by atoms with Crippen LogP contribution in [0.2, 0.25) is 0 Å². The highest BCUT2D eigenvalue weighted by molar-refractivity contribution is 6.01. The fourth-order valence-corrected chi connectivity index (χ4v) is 2.93. The number of rotatable bonds is 4. The Kier molecular flexibility index (Phi) is 5.10. The molecule has 0 radical (unpaired) electrons. The van der Waals surface area contributed by atoms with Crippen molar-refractivity contribution < 1.29 is 9.47 Å². The fourth-order valence-electron chi connectivity index (χ4n) is 2.93. The maximum absolute atomic E-state index is 5.47. The molecule has 1 aromatic carbocycles. The Morgan fingerprint density at radius 1 is 1.14 bits per heavy atom. The van der Waals surface area contributed by atoms with Crippen LogP contribution in [0.4, 0.5) is 0 Å². The zero-order valence-corrected chi connectivity index (χ0v) is 13.7. The first-order chi connectivity index (χ1) is 10.1. The number of hydrogen-bond acceptors (Lipinski definition) is 4. The largest absolute Gasteiger partial charge is 0.497 e. The van der Waals surface area contributed by atoms with E-state index in [1.54, 1.807) is 14.2 Å². The van der Waals surface area contributed by atoms with Crippen molar-refractivity contribution in [3.05, 3.63) is 23.8 Å². The van der Waals surface area contributed by atoms with Crippen molar-refractivity contribution in [2.24, 2.45) is 5.10 Å². The van der Waals surface area contributed by atoms with Crippen LogP contribution in [0.5, 0.6) is 11.5 Å². The van der Waals surface area contributed by atoms with Crippen molar-refractivity contribution in [2.45, 2.75) is 52.1 Å². The molecule has 2 rings (SSSR count). The Morgan fingerprint density at radius 3 is 2.38 bits per heavy atom. The van der Waals surface area contributed by atoms with Gasteiger partial charge in [-0.15, -0.1) is 0 Å². The minimum Gasteiger partial charge on any atom is -0.497 e. The molecule has 1 aromatic rings. The summed E-state index contributed by atoms with van der Waals surface area (Å²) in [4.78, 5) is 0. The Hall–Kier alpha value is -1.71. The van der Waals surface area contributed by atoms with Gasteiger partial charge in [0.1, 0.15) is 11.5 Å². The standard InChI is InChI=1S/C17H26N2O2/c1-12-7-6-8-13(2)19(12)18-14(3)16-10-9-15(20-4)11-17(16)21-5/h9-13H,6-8H2,1-5H3/b18-14-/t12-,13+. The Morgan fingerprint density at radius 2 is 1.81 bits per heavy atom. The molecule has 0 N–H and O–H groups in total. The molecular weight excluding hydrogens is 264 g/mol. The maximum atomic E-state index is 5.47. The van der Waals surface area contributed by atoms with Gasteiger partial charge in [-0.2, -0.15) is 5.10 Å². The molecule has 1 aliphatic heterocycles. The summed E-state index contributed by atoms with van der Waals surface area (Å²) in [7, 11) is 3.34. The molecule has 1 aliphatic rings. The Labute approximate surface area is 127 Å². The van der Waals surface area contributed by atoms with E-state index in [-0.39, 0.29) is 0 Å². The van der Waals surface area contributed by atoms with Crippen molar-refractivity contribution in [2.75, 3.05) is 14.2 Å². The van der Waals surface area contributed by atoms with E-state index in [9.17, 15) is 0 Å². The molecule has 2 atom stereocenters. The summed E-state index contributed by atoms with van der Waals surface area (Å²) in [5, 5.41) is 7.10. The van der Waals surface area contributed by atoms with Gasteiger partial charge in [0.05, 0.1) is 19.9 Å². The van der Waals surface area contributed by atoms with Crippen LogP contribution in [-0.2, 0) is 0 Å². The van der Waals surface area contributed by atoms with Gasteiger partial charge < -0.3 is 9.47 Å². The summed E-state index contributed by atoms with van der Waals surface area (Å²) in [6.07, 6.45) is 3.71. The van der Waals surface area contributed by atoms with E-state index >= 15 is 0 Å². The van der Waals surface area contributed by atoms with Gasteiger partial charge in [0, 0.05) is 23.7 Å². The zero-order valence-electron chi connectivity index (χ0n) is 13.7. The molecule has 4 heteroatoms. The first kappa shape index (κ1) is 15.7. The Bertz CT molecular complexity index is 504. The van der Waals surface area contributed by atoms with Crippen LogP contribution in [0.3, 0.4) is 0 Å². The summed E-state index contributed by atoms with van der Waals surface area (Å²) in [6, 6.07) is 6.84. The molecule has 4 nitrogen and oxygen atoms in total. The molecule has 1 saturated heterocycles. The molecule has 0 aromatic heterocycles. The van der Waals surface area contributed by atoms with E-state index < -0.39 is 0 Å². The van der Waals surface area contributed by atoms with Crippen LogP contribution < -0.4 is 9.47 Å². The van der Waals surface area contributed by atoms with Crippen LogP contribution in [0.25, 0.3) is 0 Å². The van der Waals surface area contributed by atoms with E-state index in [2.05, 4.69) is 18.9 Å². The number of methoxy groups -OCH3 is 2. The van der Waals surface area contributed by atoms with E-state index in [1.807, 2.05) is 25.1 Å². The van der Waals surface area contributed by atoms with Crippen LogP contribution in [0.15, 0.2) is 23.3 Å². The number of benzene rings is 1. The number of nitrogens with zero attached hydrogens (tertiary/aromatic N) is 2. The quantitative estimate of drug-likeness (QED) is 0.793. The summed E-state index contributed by atoms with van der Waals surface area (Å²) < 4.78 is 10.7. The van der Waals surface area contributed by atoms with E-state index in [1.165, 1.54) is 19.3 Å². The molecule has 21 heavy (non-hydrogen) atoms. The van der Waals surface area contributed by atoms with Gasteiger partial charge in [0.2, 0.25) is 0 Å². The second kappa shape index (κ2) is 6.83. The minimum atomic E-state index is 0.493. The Balaban J connectivity index is 2.29. The monoisotopic (exact) mass is 290 g/mol. The third kappa shape index (κ3) is 3.49. The predicted octanol–water partition coefficient (Wildman–Crippen LogP) is 3.69. The highest BCUT2D eigenvalue weighted by Gasteiger charge is 2.23. The van der Waals surface area contributed by atoms with E-state index in [0.29, 0.717) is 12.1 Å². The number of hydrazone groups is 1. The molecule has 0 amide bonds. The number of ether oxygens (including phenoxy) is 2. The van der Waals surface area contributed by atoms with Crippen molar-refractivity contribution in [3.8, 4) is 11.5 Å². The van der Waals surface area contributed by atoms with Crippen molar-refractivity contribution >= 4 is 5.71 Å². The van der Waals surface area contributed by atoms with Gasteiger partial charge in [-0.3, -0.25) is 5.01 Å². The molecule has 0 aliphatic carbocycles. The SMILES string of the molecule is COc1ccc(/C(C)=N\N2[C@H](C)CCC[C@@H]2C)c(OC)c1. The average molecular weight is 290 g/mol. The van der Waals surface area contributed by atoms with Gasteiger partial charge in [-0.05, 0) is 52.2 Å². The smallest absolute Gasteiger partial charge is 0.131 e. The molecule has 0 saturated carbocycles. The topological polar surface area (TPSA) is 34.1 Å². The lowest BCUT2D eigenvalue weighted by atomic mass is 10.00. The van der Waals surface area contributed by atoms with Gasteiger partial charge >= 0.3 is 0 Å². The maximum Gasteiger partial charge on any atom is 0.131 e. The molecule has 1 fully saturated rings. The number of piperidine rings is 1. The van der Waals surface area contributed by atoms with E-state index in [4.69, 9.17) is 14.6 Å². The van der Waals surface area contributed by atoms with Crippen molar-refractivity contribution in [1.29, 1.82) is 0 Å². The van der Waals surface area contributed by atoms with Gasteiger partial charge in [0.15, 0.2) is 0 Å². The van der Waals surface area contributed by atoms with Gasteiger partial charge in [-0.25, -0.2) is 0 Å².